The van der Waals surface area contributed by atoms with Crippen LogP contribution in [0.5, 0.6) is 0 Å². The van der Waals surface area contributed by atoms with Crippen LogP contribution in [0.2, 0.25) is 0 Å². The molecule has 0 heterocycles. The molecule has 2 atom stereocenters. The van der Waals surface area contributed by atoms with Crippen LogP contribution in [0.15, 0.2) is 60.7 Å². The van der Waals surface area contributed by atoms with Crippen molar-refractivity contribution in [2.24, 2.45) is 5.92 Å². The molecule has 0 unspecified atom stereocenters. The maximum Gasteiger partial charge on any atom is 0.257 e. The smallest absolute Gasteiger partial charge is 0.257 e. The highest BCUT2D eigenvalue weighted by Gasteiger charge is 2.22. The van der Waals surface area contributed by atoms with Crippen molar-refractivity contribution < 1.29 is 9.59 Å². The van der Waals surface area contributed by atoms with Gasteiger partial charge in [-0.15, -0.1) is 0 Å². The van der Waals surface area contributed by atoms with Crippen molar-refractivity contribution in [1.82, 2.24) is 5.32 Å². The Hall–Kier alpha value is -2.62. The van der Waals surface area contributed by atoms with E-state index in [4.69, 9.17) is 0 Å². The zero-order valence-electron chi connectivity index (χ0n) is 12.7. The zero-order chi connectivity index (χ0) is 15.9. The van der Waals surface area contributed by atoms with E-state index in [0.717, 1.165) is 5.69 Å². The number of benzene rings is 2. The molecule has 114 valence electrons. The largest absolute Gasteiger partial charge is 0.382 e. The van der Waals surface area contributed by atoms with Gasteiger partial charge in [-0.2, -0.15) is 0 Å². The maximum atomic E-state index is 12.2. The van der Waals surface area contributed by atoms with Crippen molar-refractivity contribution in [2.45, 2.75) is 19.9 Å². The molecule has 0 aliphatic heterocycles. The third-order valence-electron chi connectivity index (χ3n) is 3.60. The molecule has 0 aliphatic carbocycles. The second-order valence-electron chi connectivity index (χ2n) is 5.27. The topological polar surface area (TPSA) is 58.2 Å². The normalized spacial score (nSPS) is 13.0. The Bertz CT molecular complexity index is 626. The van der Waals surface area contributed by atoms with E-state index in [1.807, 2.05) is 43.3 Å². The Balaban J connectivity index is 1.93. The van der Waals surface area contributed by atoms with E-state index in [1.165, 1.54) is 0 Å². The van der Waals surface area contributed by atoms with Crippen molar-refractivity contribution in [3.63, 3.8) is 0 Å². The molecule has 4 nitrogen and oxygen atoms in total. The molecule has 22 heavy (non-hydrogen) atoms. The van der Waals surface area contributed by atoms with E-state index in [2.05, 4.69) is 10.6 Å². The van der Waals surface area contributed by atoms with Crippen LogP contribution in [0.1, 0.15) is 24.2 Å². The molecule has 2 rings (SSSR count). The minimum Gasteiger partial charge on any atom is -0.382 e. The summed E-state index contributed by atoms with van der Waals surface area (Å²) in [6, 6.07) is 18.3. The fraction of sp³-hybridized carbons (Fsp3) is 0.222. The number of hydrogen-bond acceptors (Lipinski definition) is 3. The van der Waals surface area contributed by atoms with Gasteiger partial charge < -0.3 is 5.32 Å². The Morgan fingerprint density at radius 1 is 0.864 bits per heavy atom. The van der Waals surface area contributed by atoms with Crippen LogP contribution in [0.4, 0.5) is 5.69 Å². The van der Waals surface area contributed by atoms with Gasteiger partial charge in [-0.25, -0.2) is 0 Å². The van der Waals surface area contributed by atoms with E-state index in [1.54, 1.807) is 31.2 Å². The summed E-state index contributed by atoms with van der Waals surface area (Å²) in [4.78, 5) is 24.2. The predicted molar refractivity (Wildman–Crippen MR) is 87.6 cm³/mol. The minimum atomic E-state index is -0.371. The maximum absolute atomic E-state index is 12.2. The SMILES string of the molecule is C[C@H](Nc1ccccc1)[C@H](C)C(=O)NC(=O)c1ccccc1. The molecular weight excluding hydrogens is 276 g/mol. The van der Waals surface area contributed by atoms with Crippen LogP contribution < -0.4 is 10.6 Å². The van der Waals surface area contributed by atoms with Crippen molar-refractivity contribution in [2.75, 3.05) is 5.32 Å². The molecule has 2 N–H and O–H groups in total. The molecule has 0 radical (unpaired) electrons. The highest BCUT2D eigenvalue weighted by Crippen LogP contribution is 2.12. The number of para-hydroxylation sites is 1. The molecule has 2 aromatic carbocycles. The summed E-state index contributed by atoms with van der Waals surface area (Å²) in [5.74, 6) is -0.998. The highest BCUT2D eigenvalue weighted by atomic mass is 16.2. The molecule has 0 saturated carbocycles. The van der Waals surface area contributed by atoms with Crippen molar-refractivity contribution in [1.29, 1.82) is 0 Å². The molecule has 0 aliphatic rings. The monoisotopic (exact) mass is 296 g/mol. The first kappa shape index (κ1) is 15.8. The fourth-order valence-corrected chi connectivity index (χ4v) is 2.04. The molecule has 2 aromatic rings. The van der Waals surface area contributed by atoms with E-state index < -0.39 is 0 Å². The Morgan fingerprint density at radius 2 is 1.41 bits per heavy atom. The van der Waals surface area contributed by atoms with Gasteiger partial charge in [0.15, 0.2) is 0 Å². The summed E-state index contributed by atoms with van der Waals surface area (Å²) in [7, 11) is 0. The summed E-state index contributed by atoms with van der Waals surface area (Å²) < 4.78 is 0. The first-order valence-corrected chi connectivity index (χ1v) is 7.29. The summed E-state index contributed by atoms with van der Waals surface area (Å²) in [6.45, 7) is 3.72. The quantitative estimate of drug-likeness (QED) is 0.891. The summed E-state index contributed by atoms with van der Waals surface area (Å²) >= 11 is 0. The van der Waals surface area contributed by atoms with Crippen LogP contribution in [-0.4, -0.2) is 17.9 Å². The third-order valence-corrected chi connectivity index (χ3v) is 3.60. The molecule has 2 amide bonds. The van der Waals surface area contributed by atoms with Crippen molar-refractivity contribution in [3.8, 4) is 0 Å². The number of amides is 2. The number of rotatable bonds is 5. The number of hydrogen-bond donors (Lipinski definition) is 2. The first-order chi connectivity index (χ1) is 10.6. The van der Waals surface area contributed by atoms with Gasteiger partial charge in [0.25, 0.3) is 5.91 Å². The highest BCUT2D eigenvalue weighted by molar-refractivity contribution is 6.05. The third kappa shape index (κ3) is 4.19. The molecule has 0 bridgehead atoms. The Kier molecular flexibility index (Phi) is 5.31. The first-order valence-electron chi connectivity index (χ1n) is 7.29. The summed E-state index contributed by atoms with van der Waals surface area (Å²) in [6.07, 6.45) is 0. The lowest BCUT2D eigenvalue weighted by molar-refractivity contribution is -0.123. The molecular formula is C18H20N2O2. The second kappa shape index (κ2) is 7.41. The average Bonchev–Trinajstić information content (AvgIpc) is 2.55. The van der Waals surface area contributed by atoms with Gasteiger partial charge in [0, 0.05) is 17.3 Å². The van der Waals surface area contributed by atoms with Gasteiger partial charge >= 0.3 is 0 Å². The van der Waals surface area contributed by atoms with Gasteiger partial charge in [-0.05, 0) is 31.2 Å². The van der Waals surface area contributed by atoms with E-state index in [0.29, 0.717) is 5.56 Å². The molecule has 0 spiro atoms. The van der Waals surface area contributed by atoms with E-state index in [-0.39, 0.29) is 23.8 Å². The van der Waals surface area contributed by atoms with Crippen LogP contribution in [-0.2, 0) is 4.79 Å². The van der Waals surface area contributed by atoms with Gasteiger partial charge in [0.2, 0.25) is 5.91 Å². The Morgan fingerprint density at radius 3 is 2.00 bits per heavy atom. The number of imide groups is 1. The Labute approximate surface area is 130 Å². The lowest BCUT2D eigenvalue weighted by Crippen LogP contribution is -2.40. The number of carbonyl (C=O) groups excluding carboxylic acids is 2. The molecule has 0 saturated heterocycles. The lowest BCUT2D eigenvalue weighted by Gasteiger charge is -2.21. The van der Waals surface area contributed by atoms with Crippen LogP contribution in [0.25, 0.3) is 0 Å². The van der Waals surface area contributed by atoms with Crippen LogP contribution in [0, 0.1) is 5.92 Å². The van der Waals surface area contributed by atoms with Crippen LogP contribution >= 0.6 is 0 Å². The van der Waals surface area contributed by atoms with Gasteiger partial charge in [-0.1, -0.05) is 43.3 Å². The van der Waals surface area contributed by atoms with Gasteiger partial charge in [0.1, 0.15) is 0 Å². The number of carbonyl (C=O) groups is 2. The molecule has 0 fully saturated rings. The van der Waals surface area contributed by atoms with Gasteiger partial charge in [0.05, 0.1) is 5.92 Å². The van der Waals surface area contributed by atoms with Crippen molar-refractivity contribution >= 4 is 17.5 Å². The number of nitrogens with one attached hydrogen (secondary N) is 2. The summed E-state index contributed by atoms with van der Waals surface area (Å²) in [5.41, 5.74) is 1.43. The van der Waals surface area contributed by atoms with E-state index in [9.17, 15) is 9.59 Å². The van der Waals surface area contributed by atoms with Crippen molar-refractivity contribution in [3.05, 3.63) is 66.2 Å². The van der Waals surface area contributed by atoms with E-state index >= 15 is 0 Å². The lowest BCUT2D eigenvalue weighted by atomic mass is 10.0. The molecule has 0 aromatic heterocycles. The van der Waals surface area contributed by atoms with Crippen LogP contribution in [0.3, 0.4) is 0 Å². The fourth-order valence-electron chi connectivity index (χ4n) is 2.04. The van der Waals surface area contributed by atoms with Gasteiger partial charge in [-0.3, -0.25) is 14.9 Å². The predicted octanol–water partition coefficient (Wildman–Crippen LogP) is 3.08. The second-order valence-corrected chi connectivity index (χ2v) is 5.27. The zero-order valence-corrected chi connectivity index (χ0v) is 12.7. The average molecular weight is 296 g/mol. The standard InChI is InChI=1S/C18H20N2O2/c1-13(14(2)19-16-11-7-4-8-12-16)17(21)20-18(22)15-9-5-3-6-10-15/h3-14,19H,1-2H3,(H,20,21,22)/t13-,14-/m0/s1. The minimum absolute atomic E-state index is 0.0917. The number of anilines is 1. The molecule has 4 heteroatoms. The summed E-state index contributed by atoms with van der Waals surface area (Å²) in [5, 5.41) is 5.71.